The van der Waals surface area contributed by atoms with Crippen LogP contribution in [0.15, 0.2) is 42.6 Å². The summed E-state index contributed by atoms with van der Waals surface area (Å²) in [6.07, 6.45) is 1.57. The lowest BCUT2D eigenvalue weighted by Gasteiger charge is -2.13. The lowest BCUT2D eigenvalue weighted by Crippen LogP contribution is -2.33. The summed E-state index contributed by atoms with van der Waals surface area (Å²) >= 11 is 0. The highest BCUT2D eigenvalue weighted by atomic mass is 32.2. The van der Waals surface area contributed by atoms with Gasteiger partial charge >= 0.3 is 5.97 Å². The van der Waals surface area contributed by atoms with Crippen LogP contribution in [0.2, 0.25) is 0 Å². The number of hydrogen-bond acceptors (Lipinski definition) is 4. The zero-order valence-corrected chi connectivity index (χ0v) is 12.3. The fourth-order valence-corrected chi connectivity index (χ4v) is 3.56. The smallest absolute Gasteiger partial charge is 0.322 e. The standard InChI is InChI=1S/C14H16N2O4S/c1-16-8-7-12(15-16)10-21(19,20)13(14(17)18)9-11-5-3-2-4-6-11/h2-8,13H,9-10H2,1H3,(H,17,18). The highest BCUT2D eigenvalue weighted by Crippen LogP contribution is 2.15. The van der Waals surface area contributed by atoms with E-state index in [1.54, 1.807) is 49.6 Å². The van der Waals surface area contributed by atoms with Crippen LogP contribution < -0.4 is 0 Å². The first kappa shape index (κ1) is 15.2. The van der Waals surface area contributed by atoms with E-state index in [1.165, 1.54) is 4.68 Å². The number of carboxylic acid groups (broad SMARTS) is 1. The molecule has 0 amide bonds. The summed E-state index contributed by atoms with van der Waals surface area (Å²) in [5.74, 6) is -1.72. The molecule has 0 fully saturated rings. The van der Waals surface area contributed by atoms with E-state index >= 15 is 0 Å². The third-order valence-corrected chi connectivity index (χ3v) is 5.02. The molecule has 0 aliphatic heterocycles. The van der Waals surface area contributed by atoms with Crippen LogP contribution in [-0.4, -0.2) is 34.5 Å². The van der Waals surface area contributed by atoms with Crippen LogP contribution >= 0.6 is 0 Å². The average Bonchev–Trinajstić information content (AvgIpc) is 2.81. The minimum absolute atomic E-state index is 0.0503. The highest BCUT2D eigenvalue weighted by Gasteiger charge is 2.33. The Morgan fingerprint density at radius 1 is 1.29 bits per heavy atom. The van der Waals surface area contributed by atoms with Gasteiger partial charge in [0.1, 0.15) is 0 Å². The quantitative estimate of drug-likeness (QED) is 0.861. The van der Waals surface area contributed by atoms with Crippen molar-refractivity contribution in [3.05, 3.63) is 53.9 Å². The largest absolute Gasteiger partial charge is 0.480 e. The van der Waals surface area contributed by atoms with Gasteiger partial charge in [-0.1, -0.05) is 30.3 Å². The number of benzene rings is 1. The molecule has 1 unspecified atom stereocenters. The molecule has 0 saturated carbocycles. The highest BCUT2D eigenvalue weighted by molar-refractivity contribution is 7.92. The van der Waals surface area contributed by atoms with Gasteiger partial charge in [0.05, 0.1) is 11.4 Å². The molecule has 7 heteroatoms. The predicted octanol–water partition coefficient (Wildman–Crippen LogP) is 1.03. The number of hydrogen-bond donors (Lipinski definition) is 1. The van der Waals surface area contributed by atoms with Gasteiger partial charge in [0.2, 0.25) is 0 Å². The maximum absolute atomic E-state index is 12.3. The molecule has 2 aromatic rings. The van der Waals surface area contributed by atoms with Crippen LogP contribution in [0, 0.1) is 0 Å². The number of aryl methyl sites for hydroxylation is 1. The second-order valence-corrected chi connectivity index (χ2v) is 6.99. The van der Waals surface area contributed by atoms with Crippen molar-refractivity contribution in [3.8, 4) is 0 Å². The van der Waals surface area contributed by atoms with E-state index in [2.05, 4.69) is 5.10 Å². The fraction of sp³-hybridized carbons (Fsp3) is 0.286. The van der Waals surface area contributed by atoms with Crippen LogP contribution in [0.25, 0.3) is 0 Å². The van der Waals surface area contributed by atoms with Gasteiger partial charge in [-0.3, -0.25) is 9.48 Å². The maximum Gasteiger partial charge on any atom is 0.322 e. The van der Waals surface area contributed by atoms with E-state index in [4.69, 9.17) is 0 Å². The van der Waals surface area contributed by atoms with E-state index < -0.39 is 21.1 Å². The first-order chi connectivity index (χ1) is 9.88. The van der Waals surface area contributed by atoms with E-state index in [1.807, 2.05) is 0 Å². The van der Waals surface area contributed by atoms with Crippen LogP contribution in [0.4, 0.5) is 0 Å². The molecule has 0 bridgehead atoms. The number of aromatic nitrogens is 2. The van der Waals surface area contributed by atoms with Gasteiger partial charge in [0, 0.05) is 13.2 Å². The molecular weight excluding hydrogens is 292 g/mol. The first-order valence-corrected chi connectivity index (χ1v) is 8.07. The molecule has 1 aromatic heterocycles. The van der Waals surface area contributed by atoms with E-state index in [9.17, 15) is 18.3 Å². The van der Waals surface area contributed by atoms with Gasteiger partial charge < -0.3 is 5.11 Å². The molecule has 0 saturated heterocycles. The maximum atomic E-state index is 12.3. The summed E-state index contributed by atoms with van der Waals surface area (Å²) in [5, 5.41) is 11.8. The van der Waals surface area contributed by atoms with Gasteiger partial charge in [-0.2, -0.15) is 5.10 Å². The number of rotatable bonds is 6. The van der Waals surface area contributed by atoms with E-state index in [0.717, 1.165) is 0 Å². The Labute approximate surface area is 123 Å². The number of carboxylic acids is 1. The number of aliphatic carboxylic acids is 1. The Bertz CT molecular complexity index is 722. The van der Waals surface area contributed by atoms with Gasteiger partial charge in [-0.05, 0) is 18.1 Å². The second-order valence-electron chi connectivity index (χ2n) is 4.80. The summed E-state index contributed by atoms with van der Waals surface area (Å²) in [7, 11) is -2.16. The van der Waals surface area contributed by atoms with Gasteiger partial charge in [0.25, 0.3) is 0 Å². The monoisotopic (exact) mass is 308 g/mol. The molecule has 0 radical (unpaired) electrons. The van der Waals surface area contributed by atoms with Crippen molar-refractivity contribution in [1.82, 2.24) is 9.78 Å². The zero-order chi connectivity index (χ0) is 15.5. The zero-order valence-electron chi connectivity index (χ0n) is 11.5. The fourth-order valence-electron chi connectivity index (χ4n) is 2.04. The van der Waals surface area contributed by atoms with Gasteiger partial charge in [-0.25, -0.2) is 8.42 Å². The molecule has 112 valence electrons. The lowest BCUT2D eigenvalue weighted by molar-refractivity contribution is -0.136. The summed E-state index contributed by atoms with van der Waals surface area (Å²) in [6.45, 7) is 0. The summed E-state index contributed by atoms with van der Waals surface area (Å²) in [4.78, 5) is 11.3. The molecule has 1 aromatic carbocycles. The normalized spacial score (nSPS) is 13.0. The van der Waals surface area contributed by atoms with E-state index in [0.29, 0.717) is 11.3 Å². The van der Waals surface area contributed by atoms with Crippen molar-refractivity contribution >= 4 is 15.8 Å². The lowest BCUT2D eigenvalue weighted by atomic mass is 10.1. The van der Waals surface area contributed by atoms with Crippen LogP contribution in [0.1, 0.15) is 11.3 Å². The summed E-state index contributed by atoms with van der Waals surface area (Å²) in [6, 6.07) is 10.3. The minimum atomic E-state index is -3.83. The minimum Gasteiger partial charge on any atom is -0.480 e. The number of nitrogens with zero attached hydrogens (tertiary/aromatic N) is 2. The van der Waals surface area contributed by atoms with Gasteiger partial charge in [0.15, 0.2) is 15.1 Å². The molecule has 1 atom stereocenters. The SMILES string of the molecule is Cn1ccc(CS(=O)(=O)C(Cc2ccccc2)C(=O)O)n1. The Hall–Kier alpha value is -2.15. The Morgan fingerprint density at radius 2 is 1.95 bits per heavy atom. The van der Waals surface area contributed by atoms with Crippen molar-refractivity contribution in [3.63, 3.8) is 0 Å². The molecule has 1 heterocycles. The summed E-state index contributed by atoms with van der Waals surface area (Å²) < 4.78 is 26.1. The molecule has 0 aliphatic carbocycles. The molecule has 2 rings (SSSR count). The van der Waals surface area contributed by atoms with Crippen LogP contribution in [0.5, 0.6) is 0 Å². The third-order valence-electron chi connectivity index (χ3n) is 3.09. The number of carbonyl (C=O) groups is 1. The third kappa shape index (κ3) is 3.91. The second kappa shape index (κ2) is 6.09. The predicted molar refractivity (Wildman–Crippen MR) is 77.4 cm³/mol. The van der Waals surface area contributed by atoms with Crippen molar-refractivity contribution in [2.75, 3.05) is 0 Å². The van der Waals surface area contributed by atoms with Gasteiger partial charge in [-0.15, -0.1) is 0 Å². The molecule has 0 spiro atoms. The number of sulfone groups is 1. The molecule has 21 heavy (non-hydrogen) atoms. The summed E-state index contributed by atoms with van der Waals surface area (Å²) in [5.41, 5.74) is 1.02. The van der Waals surface area contributed by atoms with Crippen molar-refractivity contribution in [2.24, 2.45) is 7.05 Å². The molecule has 1 N–H and O–H groups in total. The Kier molecular flexibility index (Phi) is 4.42. The van der Waals surface area contributed by atoms with Crippen LogP contribution in [0.3, 0.4) is 0 Å². The van der Waals surface area contributed by atoms with Crippen LogP contribution in [-0.2, 0) is 33.9 Å². The average molecular weight is 308 g/mol. The molecular formula is C14H16N2O4S. The first-order valence-electron chi connectivity index (χ1n) is 6.35. The van der Waals surface area contributed by atoms with E-state index in [-0.39, 0.29) is 12.2 Å². The topological polar surface area (TPSA) is 89.3 Å². The molecule has 6 nitrogen and oxygen atoms in total. The Morgan fingerprint density at radius 3 is 2.48 bits per heavy atom. The van der Waals surface area contributed by atoms with Crippen molar-refractivity contribution in [1.29, 1.82) is 0 Å². The van der Waals surface area contributed by atoms with Crippen molar-refractivity contribution < 1.29 is 18.3 Å². The Balaban J connectivity index is 2.22. The van der Waals surface area contributed by atoms with Crippen molar-refractivity contribution in [2.45, 2.75) is 17.4 Å². The molecule has 0 aliphatic rings.